The van der Waals surface area contributed by atoms with Gasteiger partial charge in [-0.25, -0.2) is 0 Å². The number of nitrogen functional groups attached to an aromatic ring is 1. The van der Waals surface area contributed by atoms with Gasteiger partial charge in [-0.3, -0.25) is 29.6 Å². The van der Waals surface area contributed by atoms with Gasteiger partial charge in [0, 0.05) is 29.5 Å². The van der Waals surface area contributed by atoms with Crippen LogP contribution in [0.3, 0.4) is 0 Å². The minimum atomic E-state index is -4.71. The number of rotatable bonds is 7. The smallest absolute Gasteiger partial charge is 0.301 e. The summed E-state index contributed by atoms with van der Waals surface area (Å²) in [7, 11) is -4.71. The largest absolute Gasteiger partial charge is 0.397 e. The summed E-state index contributed by atoms with van der Waals surface area (Å²) in [5.41, 5.74) is 6.20. The average Bonchev–Trinajstić information content (AvgIpc) is 2.96. The van der Waals surface area contributed by atoms with Gasteiger partial charge in [-0.05, 0) is 55.5 Å². The standard InChI is InChI=1S/C27H22N6O8S/c1-2-30(27(34)16-6-4-3-5-7-16)17-8-10-18(11-9-17)31-23-12-19(32(35)36)13-24(33(37)38)25(23)29-22-15-20(42(39,40)41)14-21(28)26(22)31/h3-15,29H,2,28H2,1H3,(H,39,40,41). The molecule has 1 aliphatic heterocycles. The molecule has 0 unspecified atom stereocenters. The maximum Gasteiger partial charge on any atom is 0.301 e. The van der Waals surface area contributed by atoms with Crippen LogP contribution in [0.2, 0.25) is 0 Å². The van der Waals surface area contributed by atoms with Gasteiger partial charge < -0.3 is 20.9 Å². The number of carbonyl (C=O) groups excluding carboxylic acids is 1. The maximum atomic E-state index is 13.1. The number of hydrogen-bond acceptors (Lipinski definition) is 10. The Morgan fingerprint density at radius 2 is 1.67 bits per heavy atom. The van der Waals surface area contributed by atoms with E-state index in [1.807, 2.05) is 6.92 Å². The van der Waals surface area contributed by atoms with Gasteiger partial charge in [-0.1, -0.05) is 18.2 Å². The molecule has 214 valence electrons. The first kappa shape index (κ1) is 28.0. The Bertz CT molecular complexity index is 1860. The number of benzene rings is 4. The Morgan fingerprint density at radius 3 is 2.24 bits per heavy atom. The van der Waals surface area contributed by atoms with Crippen LogP contribution in [-0.4, -0.2) is 35.3 Å². The van der Waals surface area contributed by atoms with Crippen molar-refractivity contribution in [2.24, 2.45) is 0 Å². The third-order valence-electron chi connectivity index (χ3n) is 6.63. The Hall–Kier alpha value is -5.54. The molecule has 0 saturated heterocycles. The predicted molar refractivity (Wildman–Crippen MR) is 156 cm³/mol. The van der Waals surface area contributed by atoms with E-state index < -0.39 is 36.2 Å². The van der Waals surface area contributed by atoms with Gasteiger partial charge in [0.05, 0.1) is 43.6 Å². The zero-order valence-corrected chi connectivity index (χ0v) is 22.6. The summed E-state index contributed by atoms with van der Waals surface area (Å²) in [6.07, 6.45) is 0. The fraction of sp³-hybridized carbons (Fsp3) is 0.0741. The molecule has 0 fully saturated rings. The average molecular weight is 591 g/mol. The summed E-state index contributed by atoms with van der Waals surface area (Å²) in [4.78, 5) is 37.6. The molecule has 0 bridgehead atoms. The van der Waals surface area contributed by atoms with E-state index in [-0.39, 0.29) is 34.3 Å². The minimum absolute atomic E-state index is 0.00448. The zero-order chi connectivity index (χ0) is 30.3. The molecule has 0 spiro atoms. The topological polar surface area (TPSA) is 202 Å². The maximum absolute atomic E-state index is 13.1. The summed E-state index contributed by atoms with van der Waals surface area (Å²) in [5, 5.41) is 26.4. The van der Waals surface area contributed by atoms with E-state index in [1.165, 1.54) is 4.90 Å². The molecule has 42 heavy (non-hydrogen) atoms. The highest BCUT2D eigenvalue weighted by atomic mass is 32.2. The Balaban J connectivity index is 1.70. The van der Waals surface area contributed by atoms with Crippen LogP contribution in [0.5, 0.6) is 0 Å². The Labute approximate surface area is 238 Å². The first-order chi connectivity index (χ1) is 19.9. The van der Waals surface area contributed by atoms with Crippen LogP contribution < -0.4 is 20.9 Å². The highest BCUT2D eigenvalue weighted by molar-refractivity contribution is 7.85. The number of nitrogens with two attached hydrogens (primary N) is 1. The summed E-state index contributed by atoms with van der Waals surface area (Å²) < 4.78 is 33.4. The lowest BCUT2D eigenvalue weighted by molar-refractivity contribution is -0.393. The molecule has 15 heteroatoms. The second-order valence-electron chi connectivity index (χ2n) is 9.15. The number of carbonyl (C=O) groups is 1. The lowest BCUT2D eigenvalue weighted by atomic mass is 10.0. The fourth-order valence-electron chi connectivity index (χ4n) is 4.76. The fourth-order valence-corrected chi connectivity index (χ4v) is 5.30. The Kier molecular flexibility index (Phi) is 6.97. The molecular formula is C27H22N6O8S. The van der Waals surface area contributed by atoms with Crippen molar-refractivity contribution in [3.63, 3.8) is 0 Å². The van der Waals surface area contributed by atoms with Crippen LogP contribution in [0, 0.1) is 20.2 Å². The second-order valence-corrected chi connectivity index (χ2v) is 10.6. The molecular weight excluding hydrogens is 568 g/mol. The van der Waals surface area contributed by atoms with Crippen LogP contribution in [0.1, 0.15) is 17.3 Å². The van der Waals surface area contributed by atoms with Gasteiger partial charge in [0.25, 0.3) is 21.7 Å². The van der Waals surface area contributed by atoms with Gasteiger partial charge in [-0.2, -0.15) is 8.42 Å². The number of non-ortho nitro benzene ring substituents is 1. The molecule has 1 amide bonds. The number of hydrogen-bond donors (Lipinski definition) is 3. The highest BCUT2D eigenvalue weighted by Crippen LogP contribution is 2.54. The molecule has 4 N–H and O–H groups in total. The number of anilines is 7. The quantitative estimate of drug-likeness (QED) is 0.0931. The molecule has 0 radical (unpaired) electrons. The van der Waals surface area contributed by atoms with Crippen LogP contribution in [0.15, 0.2) is 83.8 Å². The third kappa shape index (κ3) is 4.93. The van der Waals surface area contributed by atoms with E-state index in [1.54, 1.807) is 59.5 Å². The molecule has 4 aromatic carbocycles. The van der Waals surface area contributed by atoms with Crippen molar-refractivity contribution in [2.75, 3.05) is 27.4 Å². The lowest BCUT2D eigenvalue weighted by Crippen LogP contribution is -2.30. The number of fused-ring (bicyclic) bond motifs is 2. The van der Waals surface area contributed by atoms with Crippen molar-refractivity contribution in [1.29, 1.82) is 0 Å². The van der Waals surface area contributed by atoms with Crippen molar-refractivity contribution in [2.45, 2.75) is 11.8 Å². The number of nitrogens with one attached hydrogen (secondary N) is 1. The van der Waals surface area contributed by atoms with Crippen LogP contribution in [0.4, 0.5) is 51.2 Å². The molecule has 1 heterocycles. The molecule has 5 rings (SSSR count). The van der Waals surface area contributed by atoms with Crippen molar-refractivity contribution in [1.82, 2.24) is 0 Å². The molecule has 1 aliphatic rings. The second kappa shape index (κ2) is 10.5. The number of nitrogens with zero attached hydrogens (tertiary/aromatic N) is 4. The van der Waals surface area contributed by atoms with E-state index in [0.29, 0.717) is 23.5 Å². The van der Waals surface area contributed by atoms with Gasteiger partial charge in [0.2, 0.25) is 0 Å². The van der Waals surface area contributed by atoms with E-state index in [2.05, 4.69) is 5.32 Å². The monoisotopic (exact) mass is 590 g/mol. The molecule has 4 aromatic rings. The minimum Gasteiger partial charge on any atom is -0.397 e. The van der Waals surface area contributed by atoms with Gasteiger partial charge in [0.1, 0.15) is 5.69 Å². The van der Waals surface area contributed by atoms with Gasteiger partial charge in [-0.15, -0.1) is 0 Å². The summed E-state index contributed by atoms with van der Waals surface area (Å²) in [6.45, 7) is 2.15. The zero-order valence-electron chi connectivity index (χ0n) is 21.8. The van der Waals surface area contributed by atoms with E-state index >= 15 is 0 Å². The van der Waals surface area contributed by atoms with Crippen molar-refractivity contribution < 1.29 is 27.6 Å². The first-order valence-corrected chi connectivity index (χ1v) is 13.8. The van der Waals surface area contributed by atoms with Crippen molar-refractivity contribution >= 4 is 67.2 Å². The molecule has 0 aromatic heterocycles. The molecule has 14 nitrogen and oxygen atoms in total. The van der Waals surface area contributed by atoms with E-state index in [0.717, 1.165) is 24.3 Å². The predicted octanol–water partition coefficient (Wildman–Crippen LogP) is 5.53. The lowest BCUT2D eigenvalue weighted by Gasteiger charge is -2.35. The SMILES string of the molecule is CCN(C(=O)c1ccccc1)c1ccc(N2c3cc([N+](=O)[O-])cc([N+](=O)[O-])c3Nc3cc(S(=O)(=O)O)cc(N)c32)cc1. The molecule has 0 atom stereocenters. The van der Waals surface area contributed by atoms with Gasteiger partial charge in [0.15, 0.2) is 0 Å². The van der Waals surface area contributed by atoms with E-state index in [4.69, 9.17) is 5.73 Å². The van der Waals surface area contributed by atoms with Gasteiger partial charge >= 0.3 is 5.69 Å². The molecule has 0 aliphatic carbocycles. The summed E-state index contributed by atoms with van der Waals surface area (Å²) >= 11 is 0. The number of amides is 1. The number of nitro benzene ring substituents is 2. The normalized spacial score (nSPS) is 12.1. The van der Waals surface area contributed by atoms with Crippen LogP contribution in [-0.2, 0) is 10.1 Å². The van der Waals surface area contributed by atoms with Crippen molar-refractivity contribution in [3.8, 4) is 0 Å². The summed E-state index contributed by atoms with van der Waals surface area (Å²) in [5.74, 6) is -0.239. The number of nitro groups is 2. The van der Waals surface area contributed by atoms with Crippen molar-refractivity contribution in [3.05, 3.63) is 105 Å². The van der Waals surface area contributed by atoms with Crippen LogP contribution in [0.25, 0.3) is 0 Å². The molecule has 0 saturated carbocycles. The van der Waals surface area contributed by atoms with Crippen LogP contribution >= 0.6 is 0 Å². The first-order valence-electron chi connectivity index (χ1n) is 12.3. The summed E-state index contributed by atoms with van der Waals surface area (Å²) in [6, 6.07) is 19.1. The highest BCUT2D eigenvalue weighted by Gasteiger charge is 2.35. The van der Waals surface area contributed by atoms with E-state index in [9.17, 15) is 38.0 Å². The third-order valence-corrected chi connectivity index (χ3v) is 7.46. The Morgan fingerprint density at radius 1 is 1.00 bits per heavy atom.